The minimum Gasteiger partial charge on any atom is -0.348 e. The number of hydrogen-bond acceptors (Lipinski definition) is 4. The molecular weight excluding hydrogens is 242 g/mol. The number of fused-ring (bicyclic) bond motifs is 1. The van der Waals surface area contributed by atoms with Gasteiger partial charge in [0.25, 0.3) is 0 Å². The molecule has 3 nitrogen and oxygen atoms in total. The van der Waals surface area contributed by atoms with Crippen LogP contribution in [0.2, 0.25) is 0 Å². The Balaban J connectivity index is 1.74. The second kappa shape index (κ2) is 5.17. The van der Waals surface area contributed by atoms with E-state index in [-0.39, 0.29) is 6.04 Å². The van der Waals surface area contributed by atoms with Crippen molar-refractivity contribution in [2.24, 2.45) is 11.7 Å². The smallest absolute Gasteiger partial charge is 0.185 e. The molecule has 3 rings (SSSR count). The molecule has 2 atom stereocenters. The lowest BCUT2D eigenvalue weighted by molar-refractivity contribution is 0.529. The van der Waals surface area contributed by atoms with Crippen LogP contribution in [0.4, 0.5) is 5.13 Å². The zero-order chi connectivity index (χ0) is 12.5. The lowest BCUT2D eigenvalue weighted by Crippen LogP contribution is -2.19. The normalized spacial score (nSPS) is 27.6. The van der Waals surface area contributed by atoms with E-state index in [1.165, 1.54) is 54.5 Å². The highest BCUT2D eigenvalue weighted by atomic mass is 32.1. The molecule has 2 unspecified atom stereocenters. The summed E-state index contributed by atoms with van der Waals surface area (Å²) in [5.41, 5.74) is 7.47. The Labute approximate surface area is 113 Å². The highest BCUT2D eigenvalue weighted by Crippen LogP contribution is 2.38. The topological polar surface area (TPSA) is 42.2 Å². The van der Waals surface area contributed by atoms with Crippen LogP contribution >= 0.6 is 11.3 Å². The molecule has 1 aromatic heterocycles. The summed E-state index contributed by atoms with van der Waals surface area (Å²) in [6, 6.07) is 0.244. The van der Waals surface area contributed by atoms with Crippen molar-refractivity contribution in [2.75, 3.05) is 18.0 Å². The van der Waals surface area contributed by atoms with E-state index in [1.54, 1.807) is 0 Å². The van der Waals surface area contributed by atoms with E-state index >= 15 is 0 Å². The van der Waals surface area contributed by atoms with Crippen LogP contribution in [0.1, 0.15) is 55.6 Å². The predicted octanol–water partition coefficient (Wildman–Crippen LogP) is 3.11. The Morgan fingerprint density at radius 2 is 2.33 bits per heavy atom. The quantitative estimate of drug-likeness (QED) is 0.913. The highest BCUT2D eigenvalue weighted by Gasteiger charge is 2.27. The molecule has 18 heavy (non-hydrogen) atoms. The van der Waals surface area contributed by atoms with Crippen LogP contribution in [0.3, 0.4) is 0 Å². The molecule has 1 fully saturated rings. The van der Waals surface area contributed by atoms with Crippen molar-refractivity contribution in [3.05, 3.63) is 10.6 Å². The van der Waals surface area contributed by atoms with Crippen LogP contribution in [0.15, 0.2) is 0 Å². The molecule has 0 saturated carbocycles. The summed E-state index contributed by atoms with van der Waals surface area (Å²) in [5, 5.41) is 1.23. The van der Waals surface area contributed by atoms with E-state index < -0.39 is 0 Å². The van der Waals surface area contributed by atoms with Crippen LogP contribution in [0.5, 0.6) is 0 Å². The molecular formula is C14H23N3S. The molecule has 1 aliphatic heterocycles. The first-order valence-electron chi connectivity index (χ1n) is 7.28. The molecule has 100 valence electrons. The van der Waals surface area contributed by atoms with Gasteiger partial charge in [-0.1, -0.05) is 24.7 Å². The molecule has 2 aliphatic rings. The first-order valence-corrected chi connectivity index (χ1v) is 8.09. The van der Waals surface area contributed by atoms with Crippen LogP contribution in [-0.2, 0) is 6.42 Å². The summed E-state index contributed by atoms with van der Waals surface area (Å²) < 4.78 is 0. The fourth-order valence-corrected chi connectivity index (χ4v) is 4.41. The van der Waals surface area contributed by atoms with Gasteiger partial charge in [0.2, 0.25) is 0 Å². The first-order chi connectivity index (χ1) is 8.78. The van der Waals surface area contributed by atoms with Crippen LogP contribution in [0.25, 0.3) is 0 Å². The largest absolute Gasteiger partial charge is 0.348 e. The summed E-state index contributed by atoms with van der Waals surface area (Å²) in [6.45, 7) is 4.67. The zero-order valence-corrected chi connectivity index (χ0v) is 12.0. The zero-order valence-electron chi connectivity index (χ0n) is 11.2. The van der Waals surface area contributed by atoms with Crippen molar-refractivity contribution in [1.82, 2.24) is 4.98 Å². The maximum Gasteiger partial charge on any atom is 0.185 e. The molecule has 1 aliphatic carbocycles. The van der Waals surface area contributed by atoms with Crippen LogP contribution in [-0.4, -0.2) is 18.1 Å². The summed E-state index contributed by atoms with van der Waals surface area (Å²) in [4.78, 5) is 8.68. The molecule has 4 heteroatoms. The second-order valence-electron chi connectivity index (χ2n) is 5.70. The average molecular weight is 265 g/mol. The molecule has 1 saturated heterocycles. The van der Waals surface area contributed by atoms with Crippen molar-refractivity contribution >= 4 is 16.5 Å². The van der Waals surface area contributed by atoms with Gasteiger partial charge in [0, 0.05) is 24.0 Å². The van der Waals surface area contributed by atoms with Crippen LogP contribution < -0.4 is 10.6 Å². The average Bonchev–Trinajstić information content (AvgIpc) is 2.96. The standard InChI is InChI=1S/C14H23N3S/c1-2-4-10-7-8-17(9-10)14-16-12-6-3-5-11(15)13(12)18-14/h10-11H,2-9,15H2,1H3. The number of thiazole rings is 1. The maximum atomic E-state index is 6.19. The summed E-state index contributed by atoms with van der Waals surface area (Å²) in [6.07, 6.45) is 7.47. The summed E-state index contributed by atoms with van der Waals surface area (Å²) >= 11 is 1.85. The lowest BCUT2D eigenvalue weighted by Gasteiger charge is -2.15. The summed E-state index contributed by atoms with van der Waals surface area (Å²) in [7, 11) is 0. The number of aromatic nitrogens is 1. The van der Waals surface area contributed by atoms with Crippen molar-refractivity contribution in [3.8, 4) is 0 Å². The number of hydrogen-bond donors (Lipinski definition) is 1. The van der Waals surface area contributed by atoms with Gasteiger partial charge < -0.3 is 10.6 Å². The third-order valence-corrected chi connectivity index (χ3v) is 5.53. The Morgan fingerprint density at radius 3 is 3.11 bits per heavy atom. The number of rotatable bonds is 3. The van der Waals surface area contributed by atoms with E-state index in [2.05, 4.69) is 11.8 Å². The van der Waals surface area contributed by atoms with Gasteiger partial charge in [-0.25, -0.2) is 4.98 Å². The molecule has 2 N–H and O–H groups in total. The number of nitrogens with two attached hydrogens (primary N) is 1. The number of aryl methyl sites for hydroxylation is 1. The van der Waals surface area contributed by atoms with Gasteiger partial charge in [-0.2, -0.15) is 0 Å². The van der Waals surface area contributed by atoms with Gasteiger partial charge in [0.15, 0.2) is 5.13 Å². The van der Waals surface area contributed by atoms with E-state index in [1.807, 2.05) is 11.3 Å². The van der Waals surface area contributed by atoms with E-state index in [0.29, 0.717) is 0 Å². The molecule has 0 radical (unpaired) electrons. The molecule has 1 aromatic rings. The van der Waals surface area contributed by atoms with Gasteiger partial charge in [0.1, 0.15) is 0 Å². The number of anilines is 1. The fourth-order valence-electron chi connectivity index (χ4n) is 3.23. The Kier molecular flexibility index (Phi) is 3.57. The fraction of sp³-hybridized carbons (Fsp3) is 0.786. The Bertz CT molecular complexity index is 415. The van der Waals surface area contributed by atoms with Crippen molar-refractivity contribution in [1.29, 1.82) is 0 Å². The van der Waals surface area contributed by atoms with E-state index in [0.717, 1.165) is 18.8 Å². The maximum absolute atomic E-state index is 6.19. The third kappa shape index (κ3) is 2.28. The van der Waals surface area contributed by atoms with Gasteiger partial charge in [-0.3, -0.25) is 0 Å². The van der Waals surface area contributed by atoms with Crippen molar-refractivity contribution in [2.45, 2.75) is 51.5 Å². The van der Waals surface area contributed by atoms with Gasteiger partial charge in [-0.05, 0) is 38.0 Å². The Morgan fingerprint density at radius 1 is 1.44 bits per heavy atom. The van der Waals surface area contributed by atoms with Gasteiger partial charge in [0.05, 0.1) is 5.69 Å². The third-order valence-electron chi connectivity index (χ3n) is 4.24. The molecule has 0 amide bonds. The molecule has 0 spiro atoms. The van der Waals surface area contributed by atoms with Gasteiger partial charge in [-0.15, -0.1) is 0 Å². The molecule has 0 aromatic carbocycles. The minimum atomic E-state index is 0.244. The first kappa shape index (κ1) is 12.4. The predicted molar refractivity (Wildman–Crippen MR) is 77.2 cm³/mol. The SMILES string of the molecule is CCCC1CCN(c2nc3c(s2)C(N)CCC3)C1. The second-order valence-corrected chi connectivity index (χ2v) is 6.70. The lowest BCUT2D eigenvalue weighted by atomic mass is 9.99. The minimum absolute atomic E-state index is 0.244. The van der Waals surface area contributed by atoms with Gasteiger partial charge >= 0.3 is 0 Å². The highest BCUT2D eigenvalue weighted by molar-refractivity contribution is 7.15. The van der Waals surface area contributed by atoms with Crippen molar-refractivity contribution in [3.63, 3.8) is 0 Å². The molecule has 2 heterocycles. The van der Waals surface area contributed by atoms with Crippen LogP contribution in [0, 0.1) is 5.92 Å². The van der Waals surface area contributed by atoms with E-state index in [9.17, 15) is 0 Å². The van der Waals surface area contributed by atoms with Crippen molar-refractivity contribution < 1.29 is 0 Å². The van der Waals surface area contributed by atoms with E-state index in [4.69, 9.17) is 10.7 Å². The monoisotopic (exact) mass is 265 g/mol. The number of nitrogens with zero attached hydrogens (tertiary/aromatic N) is 2. The summed E-state index contributed by atoms with van der Waals surface area (Å²) in [5.74, 6) is 0.879. The molecule has 0 bridgehead atoms. The Hall–Kier alpha value is -0.610.